The molecule has 0 radical (unpaired) electrons. The molecule has 1 aliphatic rings. The van der Waals surface area contributed by atoms with Crippen molar-refractivity contribution < 1.29 is 21.2 Å². The van der Waals surface area contributed by atoms with E-state index in [9.17, 15) is 21.2 Å². The van der Waals surface area contributed by atoms with Gasteiger partial charge in [-0.25, -0.2) is 12.8 Å². The lowest BCUT2D eigenvalue weighted by atomic mass is 9.99. The molecule has 4 rings (SSSR count). The van der Waals surface area contributed by atoms with Gasteiger partial charge in [-0.15, -0.1) is 0 Å². The third-order valence-electron chi connectivity index (χ3n) is 5.24. The van der Waals surface area contributed by atoms with Crippen LogP contribution in [0.4, 0.5) is 10.1 Å². The van der Waals surface area contributed by atoms with Crippen LogP contribution in [0.3, 0.4) is 0 Å². The molecule has 0 spiro atoms. The summed E-state index contributed by atoms with van der Waals surface area (Å²) in [6.45, 7) is 1.71. The summed E-state index contributed by atoms with van der Waals surface area (Å²) in [5.41, 5.74) is 2.57. The van der Waals surface area contributed by atoms with E-state index in [1.165, 1.54) is 18.2 Å². The molecular weight excluding hydrogens is 465 g/mol. The standard InChI is InChI=1S/C23H22FN3O4S2/c1-16-6-3-4-9-23(16)33(30,31)27-22(17-10-12-19(24)13-11-17)15-21(25-27)18-7-5-8-20(14-18)26-32(2,28)29/h3-14,22,26H,15H2,1-2H3/t22-/m0/s1. The molecule has 0 saturated heterocycles. The molecule has 3 aromatic carbocycles. The van der Waals surface area contributed by atoms with E-state index in [0.29, 0.717) is 28.1 Å². The number of hydrogen-bond donors (Lipinski definition) is 1. The first-order chi connectivity index (χ1) is 15.5. The second-order valence-electron chi connectivity index (χ2n) is 7.82. The van der Waals surface area contributed by atoms with Gasteiger partial charge in [0.05, 0.1) is 22.9 Å². The second-order valence-corrected chi connectivity index (χ2v) is 11.3. The van der Waals surface area contributed by atoms with E-state index in [0.717, 1.165) is 10.7 Å². The fourth-order valence-corrected chi connectivity index (χ4v) is 5.96. The normalized spacial score (nSPS) is 16.5. The molecule has 0 unspecified atom stereocenters. The van der Waals surface area contributed by atoms with Crippen LogP contribution in [0.2, 0.25) is 0 Å². The molecule has 0 saturated carbocycles. The van der Waals surface area contributed by atoms with Gasteiger partial charge in [-0.3, -0.25) is 4.72 Å². The van der Waals surface area contributed by atoms with Gasteiger partial charge < -0.3 is 0 Å². The topological polar surface area (TPSA) is 95.9 Å². The van der Waals surface area contributed by atoms with Crippen LogP contribution in [0, 0.1) is 12.7 Å². The Morgan fingerprint density at radius 2 is 1.67 bits per heavy atom. The summed E-state index contributed by atoms with van der Waals surface area (Å²) in [5.74, 6) is -0.425. The summed E-state index contributed by atoms with van der Waals surface area (Å²) >= 11 is 0. The van der Waals surface area contributed by atoms with Crippen LogP contribution in [0.1, 0.15) is 29.2 Å². The first kappa shape index (κ1) is 22.9. The van der Waals surface area contributed by atoms with Gasteiger partial charge >= 0.3 is 0 Å². The Morgan fingerprint density at radius 3 is 2.33 bits per heavy atom. The van der Waals surface area contributed by atoms with Crippen LogP contribution >= 0.6 is 0 Å². The molecule has 0 bridgehead atoms. The van der Waals surface area contributed by atoms with Crippen molar-refractivity contribution in [2.75, 3.05) is 11.0 Å². The van der Waals surface area contributed by atoms with Crippen molar-refractivity contribution in [2.45, 2.75) is 24.3 Å². The summed E-state index contributed by atoms with van der Waals surface area (Å²) in [4.78, 5) is 0.134. The van der Waals surface area contributed by atoms with Gasteiger partial charge in [0.2, 0.25) is 10.0 Å². The van der Waals surface area contributed by atoms with Gasteiger partial charge in [-0.05, 0) is 53.9 Å². The third-order valence-corrected chi connectivity index (χ3v) is 7.69. The first-order valence-electron chi connectivity index (χ1n) is 10.1. The van der Waals surface area contributed by atoms with Crippen molar-refractivity contribution in [2.24, 2.45) is 5.10 Å². The zero-order valence-electron chi connectivity index (χ0n) is 17.9. The number of aryl methyl sites for hydroxylation is 1. The van der Waals surface area contributed by atoms with E-state index in [1.807, 2.05) is 0 Å². The number of nitrogens with one attached hydrogen (secondary N) is 1. The summed E-state index contributed by atoms with van der Waals surface area (Å²) in [7, 11) is -7.50. The van der Waals surface area contributed by atoms with Crippen LogP contribution < -0.4 is 4.72 Å². The van der Waals surface area contributed by atoms with Gasteiger partial charge in [-0.2, -0.15) is 17.9 Å². The average molecular weight is 488 g/mol. The summed E-state index contributed by atoms with van der Waals surface area (Å²) in [6.07, 6.45) is 1.28. The zero-order chi connectivity index (χ0) is 23.8. The van der Waals surface area contributed by atoms with Gasteiger partial charge in [0.25, 0.3) is 10.0 Å². The van der Waals surface area contributed by atoms with Gasteiger partial charge in [0.15, 0.2) is 0 Å². The number of hydrogen-bond acceptors (Lipinski definition) is 5. The molecule has 1 aliphatic heterocycles. The van der Waals surface area contributed by atoms with E-state index in [1.54, 1.807) is 61.5 Å². The largest absolute Gasteiger partial charge is 0.284 e. The van der Waals surface area contributed by atoms with Crippen LogP contribution in [0.25, 0.3) is 0 Å². The van der Waals surface area contributed by atoms with E-state index < -0.39 is 31.9 Å². The van der Waals surface area contributed by atoms with Crippen molar-refractivity contribution in [3.8, 4) is 0 Å². The highest BCUT2D eigenvalue weighted by Gasteiger charge is 2.38. The van der Waals surface area contributed by atoms with Crippen molar-refractivity contribution in [3.05, 3.63) is 95.3 Å². The number of sulfonamides is 2. The molecule has 0 fully saturated rings. The van der Waals surface area contributed by atoms with Crippen LogP contribution in [-0.4, -0.2) is 33.2 Å². The first-order valence-corrected chi connectivity index (χ1v) is 13.4. The van der Waals surface area contributed by atoms with E-state index in [2.05, 4.69) is 9.82 Å². The Kier molecular flexibility index (Phi) is 5.98. The number of halogens is 1. The van der Waals surface area contributed by atoms with E-state index in [-0.39, 0.29) is 11.3 Å². The highest BCUT2D eigenvalue weighted by Crippen LogP contribution is 2.38. The molecule has 1 atom stereocenters. The predicted octanol–water partition coefficient (Wildman–Crippen LogP) is 4.05. The van der Waals surface area contributed by atoms with Crippen molar-refractivity contribution >= 4 is 31.4 Å². The zero-order valence-corrected chi connectivity index (χ0v) is 19.6. The maximum atomic E-state index is 13.6. The molecule has 0 aromatic heterocycles. The van der Waals surface area contributed by atoms with E-state index in [4.69, 9.17) is 0 Å². The molecule has 0 aliphatic carbocycles. The maximum Gasteiger partial charge on any atom is 0.279 e. The number of nitrogens with zero attached hydrogens (tertiary/aromatic N) is 2. The Hall–Kier alpha value is -3.24. The Morgan fingerprint density at radius 1 is 0.970 bits per heavy atom. The molecule has 1 N–H and O–H groups in total. The fourth-order valence-electron chi connectivity index (χ4n) is 3.74. The highest BCUT2D eigenvalue weighted by molar-refractivity contribution is 7.92. The van der Waals surface area contributed by atoms with Crippen LogP contribution in [0.5, 0.6) is 0 Å². The maximum absolute atomic E-state index is 13.6. The smallest absolute Gasteiger partial charge is 0.279 e. The lowest BCUT2D eigenvalue weighted by Gasteiger charge is -2.24. The van der Waals surface area contributed by atoms with E-state index >= 15 is 0 Å². The molecule has 172 valence electrons. The minimum atomic E-state index is -4.02. The minimum absolute atomic E-state index is 0.134. The molecule has 10 heteroatoms. The predicted molar refractivity (Wildman–Crippen MR) is 125 cm³/mol. The molecule has 3 aromatic rings. The summed E-state index contributed by atoms with van der Waals surface area (Å²) in [5, 5.41) is 4.46. The van der Waals surface area contributed by atoms with Crippen molar-refractivity contribution in [1.29, 1.82) is 0 Å². The highest BCUT2D eigenvalue weighted by atomic mass is 32.2. The second kappa shape index (κ2) is 8.60. The van der Waals surface area contributed by atoms with Crippen LogP contribution in [-0.2, 0) is 20.0 Å². The number of hydrazone groups is 1. The minimum Gasteiger partial charge on any atom is -0.284 e. The lowest BCUT2D eigenvalue weighted by Crippen LogP contribution is -2.28. The fraction of sp³-hybridized carbons (Fsp3) is 0.174. The Bertz CT molecular complexity index is 1440. The number of anilines is 1. The van der Waals surface area contributed by atoms with Crippen molar-refractivity contribution in [1.82, 2.24) is 4.41 Å². The van der Waals surface area contributed by atoms with Gasteiger partial charge in [-0.1, -0.05) is 42.5 Å². The molecule has 7 nitrogen and oxygen atoms in total. The SMILES string of the molecule is Cc1ccccc1S(=O)(=O)N1N=C(c2cccc(NS(C)(=O)=O)c2)C[C@H]1c1ccc(F)cc1. The molecule has 33 heavy (non-hydrogen) atoms. The quantitative estimate of drug-likeness (QED) is 0.568. The average Bonchev–Trinajstić information content (AvgIpc) is 3.20. The summed E-state index contributed by atoms with van der Waals surface area (Å²) in [6, 6.07) is 18.2. The Labute approximate surface area is 192 Å². The van der Waals surface area contributed by atoms with Crippen molar-refractivity contribution in [3.63, 3.8) is 0 Å². The van der Waals surface area contributed by atoms with Gasteiger partial charge in [0, 0.05) is 12.1 Å². The monoisotopic (exact) mass is 487 g/mol. The molecule has 0 amide bonds. The molecule has 1 heterocycles. The lowest BCUT2D eigenvalue weighted by molar-refractivity contribution is 0.371. The molecular formula is C23H22FN3O4S2. The van der Waals surface area contributed by atoms with Crippen LogP contribution in [0.15, 0.2) is 82.8 Å². The van der Waals surface area contributed by atoms with Gasteiger partial charge in [0.1, 0.15) is 5.82 Å². The Balaban J connectivity index is 1.80. The number of benzene rings is 3. The third kappa shape index (κ3) is 4.91. The summed E-state index contributed by atoms with van der Waals surface area (Å²) < 4.78 is 67.4. The number of rotatable bonds is 6.